The first-order chi connectivity index (χ1) is 12.1. The Balaban J connectivity index is 1.77. The molecule has 0 spiro atoms. The number of aromatic nitrogens is 4. The molecule has 2 aromatic rings. The van der Waals surface area contributed by atoms with Crippen molar-refractivity contribution in [2.24, 2.45) is 5.73 Å². The molecule has 9 nitrogen and oxygen atoms in total. The SMILES string of the molecule is CCCCOc1nc(N)c2[nH]c(=O)n(CCN3CCC(N)CC3)c2n1. The fourth-order valence-corrected chi connectivity index (χ4v) is 3.03. The van der Waals surface area contributed by atoms with Gasteiger partial charge in [-0.3, -0.25) is 4.57 Å². The molecule has 0 unspecified atom stereocenters. The Morgan fingerprint density at radius 3 is 2.76 bits per heavy atom. The van der Waals surface area contributed by atoms with Crippen LogP contribution in [0.5, 0.6) is 6.01 Å². The van der Waals surface area contributed by atoms with E-state index in [4.69, 9.17) is 16.2 Å². The highest BCUT2D eigenvalue weighted by Crippen LogP contribution is 2.18. The first-order valence-electron chi connectivity index (χ1n) is 8.95. The van der Waals surface area contributed by atoms with Crippen LogP contribution in [0.2, 0.25) is 0 Å². The van der Waals surface area contributed by atoms with E-state index in [1.165, 1.54) is 0 Å². The van der Waals surface area contributed by atoms with Gasteiger partial charge >= 0.3 is 11.7 Å². The molecule has 1 saturated heterocycles. The minimum atomic E-state index is -0.226. The molecule has 0 aliphatic carbocycles. The van der Waals surface area contributed by atoms with E-state index in [0.29, 0.717) is 30.4 Å². The summed E-state index contributed by atoms with van der Waals surface area (Å²) in [7, 11) is 0. The molecule has 2 aromatic heterocycles. The van der Waals surface area contributed by atoms with E-state index in [1.54, 1.807) is 4.57 Å². The molecule has 1 fully saturated rings. The topological polar surface area (TPSA) is 128 Å². The Morgan fingerprint density at radius 2 is 2.04 bits per heavy atom. The summed E-state index contributed by atoms with van der Waals surface area (Å²) in [6.07, 6.45) is 3.92. The largest absolute Gasteiger partial charge is 0.463 e. The molecular weight excluding hydrogens is 322 g/mol. The number of unbranched alkanes of at least 4 members (excludes halogenated alkanes) is 1. The number of hydrogen-bond acceptors (Lipinski definition) is 7. The van der Waals surface area contributed by atoms with Crippen molar-refractivity contribution >= 4 is 17.0 Å². The minimum absolute atomic E-state index is 0.218. The summed E-state index contributed by atoms with van der Waals surface area (Å²) < 4.78 is 7.16. The number of anilines is 1. The smallest absolute Gasteiger partial charge is 0.327 e. The van der Waals surface area contributed by atoms with Crippen LogP contribution in [0, 0.1) is 0 Å². The van der Waals surface area contributed by atoms with Crippen molar-refractivity contribution in [3.63, 3.8) is 0 Å². The fourth-order valence-electron chi connectivity index (χ4n) is 3.03. The van der Waals surface area contributed by atoms with Crippen molar-refractivity contribution in [3.05, 3.63) is 10.5 Å². The van der Waals surface area contributed by atoms with Gasteiger partial charge < -0.3 is 26.1 Å². The maximum atomic E-state index is 12.3. The monoisotopic (exact) mass is 349 g/mol. The van der Waals surface area contributed by atoms with Gasteiger partial charge in [-0.1, -0.05) is 13.3 Å². The number of nitrogens with one attached hydrogen (secondary N) is 1. The second-order valence-electron chi connectivity index (χ2n) is 6.55. The van der Waals surface area contributed by atoms with Gasteiger partial charge in [0.25, 0.3) is 0 Å². The molecule has 5 N–H and O–H groups in total. The van der Waals surface area contributed by atoms with Gasteiger partial charge in [0.05, 0.1) is 6.61 Å². The molecule has 1 aliphatic rings. The summed E-state index contributed by atoms with van der Waals surface area (Å²) in [5.41, 5.74) is 12.6. The quantitative estimate of drug-likeness (QED) is 0.613. The molecule has 0 atom stereocenters. The fraction of sp³-hybridized carbons (Fsp3) is 0.688. The van der Waals surface area contributed by atoms with Gasteiger partial charge in [-0.05, 0) is 32.4 Å². The van der Waals surface area contributed by atoms with E-state index in [-0.39, 0.29) is 17.5 Å². The van der Waals surface area contributed by atoms with E-state index >= 15 is 0 Å². The third-order valence-electron chi connectivity index (χ3n) is 4.63. The van der Waals surface area contributed by atoms with Crippen molar-refractivity contribution in [3.8, 4) is 6.01 Å². The summed E-state index contributed by atoms with van der Waals surface area (Å²) in [6, 6.07) is 0.512. The van der Waals surface area contributed by atoms with Crippen LogP contribution in [0.3, 0.4) is 0 Å². The predicted octanol–water partition coefficient (Wildman–Crippen LogP) is 0.304. The van der Waals surface area contributed by atoms with Crippen LogP contribution in [-0.2, 0) is 6.54 Å². The Hall–Kier alpha value is -2.13. The Bertz CT molecular complexity index is 762. The van der Waals surface area contributed by atoms with Gasteiger partial charge in [0, 0.05) is 19.1 Å². The van der Waals surface area contributed by atoms with Crippen LogP contribution in [0.25, 0.3) is 11.2 Å². The molecule has 0 bridgehead atoms. The van der Waals surface area contributed by atoms with Crippen molar-refractivity contribution in [2.45, 2.75) is 45.2 Å². The number of likely N-dealkylation sites (tertiary alicyclic amines) is 1. The van der Waals surface area contributed by atoms with Crippen molar-refractivity contribution in [1.29, 1.82) is 0 Å². The van der Waals surface area contributed by atoms with Gasteiger partial charge in [0.15, 0.2) is 11.5 Å². The van der Waals surface area contributed by atoms with E-state index < -0.39 is 0 Å². The molecule has 0 radical (unpaired) electrons. The number of nitrogens with two attached hydrogens (primary N) is 2. The third kappa shape index (κ3) is 4.10. The number of piperidine rings is 1. The zero-order valence-electron chi connectivity index (χ0n) is 14.7. The standard InChI is InChI=1S/C16H27N7O2/c1-2-3-10-25-15-20-13(18)12-14(21-15)23(16(24)19-12)9-8-22-6-4-11(17)5-7-22/h11H,2-10,17H2,1H3,(H,19,24)(H2,18,20,21). The van der Waals surface area contributed by atoms with Crippen molar-refractivity contribution in [2.75, 3.05) is 32.0 Å². The van der Waals surface area contributed by atoms with Crippen LogP contribution >= 0.6 is 0 Å². The first-order valence-corrected chi connectivity index (χ1v) is 8.95. The van der Waals surface area contributed by atoms with Crippen LogP contribution in [0.4, 0.5) is 5.82 Å². The summed E-state index contributed by atoms with van der Waals surface area (Å²) in [6.45, 7) is 5.85. The molecule has 3 heterocycles. The second-order valence-corrected chi connectivity index (χ2v) is 6.55. The average Bonchev–Trinajstić information content (AvgIpc) is 2.91. The number of rotatable bonds is 7. The van der Waals surface area contributed by atoms with Gasteiger partial charge in [-0.25, -0.2) is 4.79 Å². The van der Waals surface area contributed by atoms with Crippen LogP contribution in [0.1, 0.15) is 32.6 Å². The number of ether oxygens (including phenoxy) is 1. The molecule has 25 heavy (non-hydrogen) atoms. The minimum Gasteiger partial charge on any atom is -0.463 e. The Kier molecular flexibility index (Phi) is 5.54. The van der Waals surface area contributed by atoms with Crippen molar-refractivity contribution < 1.29 is 4.74 Å². The summed E-state index contributed by atoms with van der Waals surface area (Å²) in [4.78, 5) is 25.9. The van der Waals surface area contributed by atoms with Gasteiger partial charge in [-0.15, -0.1) is 0 Å². The molecule has 0 saturated carbocycles. The highest BCUT2D eigenvalue weighted by molar-refractivity contribution is 5.81. The zero-order chi connectivity index (χ0) is 17.8. The van der Waals surface area contributed by atoms with E-state index in [1.807, 2.05) is 0 Å². The van der Waals surface area contributed by atoms with Crippen LogP contribution < -0.4 is 21.9 Å². The number of hydrogen-bond donors (Lipinski definition) is 3. The van der Waals surface area contributed by atoms with E-state index in [0.717, 1.165) is 45.3 Å². The normalized spacial score (nSPS) is 16.6. The molecule has 3 rings (SSSR count). The lowest BCUT2D eigenvalue weighted by Gasteiger charge is -2.29. The van der Waals surface area contributed by atoms with Crippen molar-refractivity contribution in [1.82, 2.24) is 24.4 Å². The number of aromatic amines is 1. The summed E-state index contributed by atoms with van der Waals surface area (Å²) >= 11 is 0. The molecule has 138 valence electrons. The zero-order valence-corrected chi connectivity index (χ0v) is 14.7. The Morgan fingerprint density at radius 1 is 1.28 bits per heavy atom. The first kappa shape index (κ1) is 17.7. The number of H-pyrrole nitrogens is 1. The maximum Gasteiger partial charge on any atom is 0.327 e. The van der Waals surface area contributed by atoms with Crippen LogP contribution in [0.15, 0.2) is 4.79 Å². The predicted molar refractivity (Wildman–Crippen MR) is 96.6 cm³/mol. The number of nitrogens with zero attached hydrogens (tertiary/aromatic N) is 4. The number of nitrogen functional groups attached to an aromatic ring is 1. The van der Waals surface area contributed by atoms with Gasteiger partial charge in [0.1, 0.15) is 5.52 Å². The lowest BCUT2D eigenvalue weighted by Crippen LogP contribution is -2.41. The highest BCUT2D eigenvalue weighted by atomic mass is 16.5. The molecule has 1 aliphatic heterocycles. The van der Waals surface area contributed by atoms with E-state index in [9.17, 15) is 4.79 Å². The molecule has 0 aromatic carbocycles. The maximum absolute atomic E-state index is 12.3. The summed E-state index contributed by atoms with van der Waals surface area (Å²) in [5.74, 6) is 0.233. The number of fused-ring (bicyclic) bond motifs is 1. The lowest BCUT2D eigenvalue weighted by atomic mass is 10.1. The molecule has 9 heteroatoms. The van der Waals surface area contributed by atoms with Crippen LogP contribution in [-0.4, -0.2) is 56.7 Å². The molecular formula is C16H27N7O2. The van der Waals surface area contributed by atoms with E-state index in [2.05, 4.69) is 26.8 Å². The molecule has 0 amide bonds. The average molecular weight is 349 g/mol. The van der Waals surface area contributed by atoms with Gasteiger partial charge in [0.2, 0.25) is 0 Å². The second kappa shape index (κ2) is 7.83. The third-order valence-corrected chi connectivity index (χ3v) is 4.63. The Labute approximate surface area is 146 Å². The highest BCUT2D eigenvalue weighted by Gasteiger charge is 2.18. The number of imidazole rings is 1. The summed E-state index contributed by atoms with van der Waals surface area (Å²) in [5, 5.41) is 0. The lowest BCUT2D eigenvalue weighted by molar-refractivity contribution is 0.206. The van der Waals surface area contributed by atoms with Gasteiger partial charge in [-0.2, -0.15) is 9.97 Å².